The van der Waals surface area contributed by atoms with E-state index in [2.05, 4.69) is 167 Å². The van der Waals surface area contributed by atoms with Crippen molar-refractivity contribution in [3.05, 3.63) is 164 Å². The molecule has 3 heteroatoms. The molecule has 0 atom stereocenters. The summed E-state index contributed by atoms with van der Waals surface area (Å²) in [7, 11) is 0. The van der Waals surface area contributed by atoms with Crippen LogP contribution in [0.1, 0.15) is 0 Å². The molecule has 3 aromatic heterocycles. The Hall–Kier alpha value is -5.93. The summed E-state index contributed by atoms with van der Waals surface area (Å²) in [5.74, 6) is 0. The Morgan fingerprint density at radius 2 is 0.932 bits per heavy atom. The first-order chi connectivity index (χ1) is 21.8. The first-order valence-corrected chi connectivity index (χ1v) is 15.0. The van der Waals surface area contributed by atoms with Crippen LogP contribution in [0.3, 0.4) is 0 Å². The molecule has 0 bridgehead atoms. The summed E-state index contributed by atoms with van der Waals surface area (Å²) in [6.07, 6.45) is 0. The quantitative estimate of drug-likeness (QED) is 0.210. The molecule has 0 spiro atoms. The summed E-state index contributed by atoms with van der Waals surface area (Å²) in [4.78, 5) is 5.28. The number of benzene rings is 6. The Labute approximate surface area is 254 Å². The van der Waals surface area contributed by atoms with Gasteiger partial charge in [-0.3, -0.25) is 0 Å². The third kappa shape index (κ3) is 3.80. The fraction of sp³-hybridized carbons (Fsp3) is 0. The lowest BCUT2D eigenvalue weighted by molar-refractivity contribution is 1.16. The third-order valence-electron chi connectivity index (χ3n) is 8.71. The molecule has 0 N–H and O–H groups in total. The van der Waals surface area contributed by atoms with Crippen LogP contribution in [0.2, 0.25) is 0 Å². The largest absolute Gasteiger partial charge is 0.309 e. The van der Waals surface area contributed by atoms with Gasteiger partial charge in [0, 0.05) is 33.1 Å². The second kappa shape index (κ2) is 9.82. The third-order valence-corrected chi connectivity index (χ3v) is 8.71. The van der Waals surface area contributed by atoms with Gasteiger partial charge in [-0.05, 0) is 71.8 Å². The van der Waals surface area contributed by atoms with Gasteiger partial charge < -0.3 is 9.13 Å². The number of pyridine rings is 1. The van der Waals surface area contributed by atoms with E-state index in [0.717, 1.165) is 44.6 Å². The number of para-hydroxylation sites is 2. The van der Waals surface area contributed by atoms with Gasteiger partial charge in [0.05, 0.1) is 33.3 Å². The summed E-state index contributed by atoms with van der Waals surface area (Å²) in [5, 5.41) is 3.63. The Balaban J connectivity index is 1.32. The van der Waals surface area contributed by atoms with Crippen LogP contribution in [0.5, 0.6) is 0 Å². The molecule has 0 aliphatic rings. The summed E-state index contributed by atoms with van der Waals surface area (Å²) >= 11 is 0. The van der Waals surface area contributed by atoms with Crippen molar-refractivity contribution in [1.82, 2.24) is 14.1 Å². The Morgan fingerprint density at radius 1 is 0.341 bits per heavy atom. The lowest BCUT2D eigenvalue weighted by atomic mass is 10.0. The van der Waals surface area contributed by atoms with Crippen molar-refractivity contribution >= 4 is 43.7 Å². The number of aromatic nitrogens is 3. The Morgan fingerprint density at radius 3 is 1.73 bits per heavy atom. The topological polar surface area (TPSA) is 22.8 Å². The predicted molar refractivity (Wildman–Crippen MR) is 184 cm³/mol. The molecule has 0 fully saturated rings. The molecule has 0 aliphatic heterocycles. The van der Waals surface area contributed by atoms with E-state index in [9.17, 15) is 0 Å². The van der Waals surface area contributed by atoms with Gasteiger partial charge in [0.25, 0.3) is 0 Å². The SMILES string of the molecule is c1ccc(-c2ccc3c(c2)c2ccccc2n3-c2ccc3c(c2)c2nc(-c4ccccc4)ccc2n3-c2ccccc2)cc1. The van der Waals surface area contributed by atoms with Crippen LogP contribution in [0.25, 0.3) is 77.5 Å². The monoisotopic (exact) mass is 561 g/mol. The van der Waals surface area contributed by atoms with Gasteiger partial charge in [0.2, 0.25) is 0 Å². The molecule has 0 saturated carbocycles. The van der Waals surface area contributed by atoms with Crippen LogP contribution in [-0.2, 0) is 0 Å². The van der Waals surface area contributed by atoms with Crippen molar-refractivity contribution in [3.63, 3.8) is 0 Å². The highest BCUT2D eigenvalue weighted by Crippen LogP contribution is 2.38. The van der Waals surface area contributed by atoms with E-state index in [1.54, 1.807) is 0 Å². The van der Waals surface area contributed by atoms with Gasteiger partial charge in [-0.15, -0.1) is 0 Å². The van der Waals surface area contributed by atoms with Crippen molar-refractivity contribution in [2.45, 2.75) is 0 Å². The molecule has 9 aromatic rings. The molecule has 0 amide bonds. The second-order valence-electron chi connectivity index (χ2n) is 11.3. The fourth-order valence-corrected chi connectivity index (χ4v) is 6.69. The Kier molecular flexibility index (Phi) is 5.50. The average molecular weight is 562 g/mol. The molecule has 44 heavy (non-hydrogen) atoms. The minimum Gasteiger partial charge on any atom is -0.309 e. The van der Waals surface area contributed by atoms with E-state index < -0.39 is 0 Å². The minimum absolute atomic E-state index is 0.973. The molecule has 0 radical (unpaired) electrons. The van der Waals surface area contributed by atoms with Crippen molar-refractivity contribution in [2.75, 3.05) is 0 Å². The zero-order valence-corrected chi connectivity index (χ0v) is 23.9. The highest BCUT2D eigenvalue weighted by molar-refractivity contribution is 6.12. The Bertz CT molecular complexity index is 2470. The fourth-order valence-electron chi connectivity index (χ4n) is 6.69. The van der Waals surface area contributed by atoms with E-state index in [1.807, 2.05) is 6.07 Å². The highest BCUT2D eigenvalue weighted by Gasteiger charge is 2.18. The maximum absolute atomic E-state index is 5.28. The van der Waals surface area contributed by atoms with E-state index in [0.29, 0.717) is 0 Å². The predicted octanol–water partition coefficient (Wildman–Crippen LogP) is 10.6. The number of rotatable bonds is 4. The highest BCUT2D eigenvalue weighted by atomic mass is 15.0. The van der Waals surface area contributed by atoms with E-state index in [-0.39, 0.29) is 0 Å². The molecule has 206 valence electrons. The standard InChI is InChI=1S/C41H27N3/c1-4-12-28(13-5-1)30-20-23-38-34(26-30)33-18-10-11-19-37(33)44(38)32-21-24-39-35(27-32)41-40(43(39)31-16-8-3-9-17-31)25-22-36(42-41)29-14-6-2-7-15-29/h1-27H. The number of nitrogens with zero attached hydrogens (tertiary/aromatic N) is 3. The summed E-state index contributed by atoms with van der Waals surface area (Å²) in [5.41, 5.74) is 12.4. The van der Waals surface area contributed by atoms with Crippen LogP contribution in [0, 0.1) is 0 Å². The van der Waals surface area contributed by atoms with Crippen molar-refractivity contribution in [1.29, 1.82) is 0 Å². The first kappa shape index (κ1) is 24.6. The maximum atomic E-state index is 5.28. The first-order valence-electron chi connectivity index (χ1n) is 15.0. The smallest absolute Gasteiger partial charge is 0.0971 e. The second-order valence-corrected chi connectivity index (χ2v) is 11.3. The number of hydrogen-bond donors (Lipinski definition) is 0. The minimum atomic E-state index is 0.973. The lowest BCUT2D eigenvalue weighted by Crippen LogP contribution is -1.95. The molecular formula is C41H27N3. The zero-order valence-electron chi connectivity index (χ0n) is 23.9. The van der Waals surface area contributed by atoms with Crippen LogP contribution >= 0.6 is 0 Å². The van der Waals surface area contributed by atoms with E-state index >= 15 is 0 Å². The molecule has 9 rings (SSSR count). The van der Waals surface area contributed by atoms with Crippen LogP contribution in [0.15, 0.2) is 164 Å². The average Bonchev–Trinajstić information content (AvgIpc) is 3.61. The molecular weight excluding hydrogens is 534 g/mol. The van der Waals surface area contributed by atoms with Gasteiger partial charge in [0.15, 0.2) is 0 Å². The molecule has 3 nitrogen and oxygen atoms in total. The number of hydrogen-bond acceptors (Lipinski definition) is 1. The molecule has 0 aliphatic carbocycles. The summed E-state index contributed by atoms with van der Waals surface area (Å²) in [6, 6.07) is 58.3. The van der Waals surface area contributed by atoms with Gasteiger partial charge in [0.1, 0.15) is 0 Å². The molecule has 6 aromatic carbocycles. The van der Waals surface area contributed by atoms with Gasteiger partial charge in [-0.1, -0.05) is 103 Å². The van der Waals surface area contributed by atoms with Crippen molar-refractivity contribution in [3.8, 4) is 33.8 Å². The van der Waals surface area contributed by atoms with Crippen LogP contribution in [-0.4, -0.2) is 14.1 Å². The van der Waals surface area contributed by atoms with E-state index in [4.69, 9.17) is 4.98 Å². The van der Waals surface area contributed by atoms with Crippen molar-refractivity contribution < 1.29 is 0 Å². The number of fused-ring (bicyclic) bond motifs is 6. The van der Waals surface area contributed by atoms with Gasteiger partial charge in [-0.25, -0.2) is 4.98 Å². The summed E-state index contributed by atoms with van der Waals surface area (Å²) < 4.78 is 4.72. The maximum Gasteiger partial charge on any atom is 0.0971 e. The van der Waals surface area contributed by atoms with Crippen LogP contribution < -0.4 is 0 Å². The molecule has 0 saturated heterocycles. The van der Waals surface area contributed by atoms with Crippen molar-refractivity contribution in [2.24, 2.45) is 0 Å². The van der Waals surface area contributed by atoms with Gasteiger partial charge in [-0.2, -0.15) is 0 Å². The van der Waals surface area contributed by atoms with Crippen LogP contribution in [0.4, 0.5) is 0 Å². The lowest BCUT2D eigenvalue weighted by Gasteiger charge is -2.10. The molecule has 0 unspecified atom stereocenters. The zero-order chi connectivity index (χ0) is 29.0. The van der Waals surface area contributed by atoms with Gasteiger partial charge >= 0.3 is 0 Å². The normalized spacial score (nSPS) is 11.6. The summed E-state index contributed by atoms with van der Waals surface area (Å²) in [6.45, 7) is 0. The molecule has 3 heterocycles. The van der Waals surface area contributed by atoms with E-state index in [1.165, 1.54) is 32.9 Å².